The topological polar surface area (TPSA) is 38.7 Å². The van der Waals surface area contributed by atoms with Crippen LogP contribution in [0.2, 0.25) is 0 Å². The molecular weight excluding hydrogens is 280 g/mol. The van der Waals surface area contributed by atoms with Crippen molar-refractivity contribution >= 4 is 27.3 Å². The van der Waals surface area contributed by atoms with Crippen molar-refractivity contribution in [3.8, 4) is 0 Å². The Balaban J connectivity index is 2.18. The van der Waals surface area contributed by atoms with Crippen molar-refractivity contribution in [1.29, 1.82) is 0 Å². The van der Waals surface area contributed by atoms with Gasteiger partial charge in [0.05, 0.1) is 25.9 Å². The van der Waals surface area contributed by atoms with Gasteiger partial charge in [0.25, 0.3) is 0 Å². The number of methoxy groups -OCH3 is 1. The van der Waals surface area contributed by atoms with Crippen molar-refractivity contribution in [3.63, 3.8) is 0 Å². The van der Waals surface area contributed by atoms with Crippen molar-refractivity contribution in [2.24, 2.45) is 0 Å². The van der Waals surface area contributed by atoms with Crippen LogP contribution in [0, 0.1) is 0 Å². The number of aliphatic hydroxyl groups excluding tert-OH is 1. The highest BCUT2D eigenvalue weighted by Crippen LogP contribution is 2.23. The van der Waals surface area contributed by atoms with E-state index in [0.717, 1.165) is 9.35 Å². The van der Waals surface area contributed by atoms with Gasteiger partial charge in [-0.15, -0.1) is 11.3 Å². The van der Waals surface area contributed by atoms with Gasteiger partial charge in [-0.3, -0.25) is 0 Å². The van der Waals surface area contributed by atoms with Crippen LogP contribution in [-0.4, -0.2) is 38.1 Å². The van der Waals surface area contributed by atoms with Crippen LogP contribution in [0.4, 0.5) is 0 Å². The first kappa shape index (κ1) is 13.1. The maximum absolute atomic E-state index is 9.66. The summed E-state index contributed by atoms with van der Waals surface area (Å²) in [5.74, 6) is 0. The van der Waals surface area contributed by atoms with Gasteiger partial charge in [0, 0.05) is 22.9 Å². The molecule has 1 N–H and O–H groups in total. The van der Waals surface area contributed by atoms with Crippen molar-refractivity contribution in [1.82, 2.24) is 0 Å². The molecule has 0 fully saturated rings. The monoisotopic (exact) mass is 294 g/mol. The fourth-order valence-corrected chi connectivity index (χ4v) is 2.69. The van der Waals surface area contributed by atoms with Crippen molar-refractivity contribution in [2.45, 2.75) is 12.5 Å². The lowest BCUT2D eigenvalue weighted by molar-refractivity contribution is 0.0139. The van der Waals surface area contributed by atoms with Gasteiger partial charge in [0.2, 0.25) is 0 Å². The molecule has 1 aromatic heterocycles. The zero-order valence-corrected chi connectivity index (χ0v) is 11.0. The fourth-order valence-electron chi connectivity index (χ4n) is 1.11. The number of hydrogen-bond donors (Lipinski definition) is 1. The zero-order chi connectivity index (χ0) is 11.1. The van der Waals surface area contributed by atoms with Crippen molar-refractivity contribution in [2.75, 3.05) is 26.9 Å². The first-order valence-corrected chi connectivity index (χ1v) is 6.38. The Morgan fingerprint density at radius 3 is 2.93 bits per heavy atom. The third-order valence-corrected chi connectivity index (χ3v) is 3.80. The molecule has 1 heterocycles. The first-order chi connectivity index (χ1) is 7.24. The summed E-state index contributed by atoms with van der Waals surface area (Å²) in [4.78, 5) is 1.15. The third-order valence-electron chi connectivity index (χ3n) is 1.85. The van der Waals surface area contributed by atoms with E-state index in [4.69, 9.17) is 9.47 Å². The quantitative estimate of drug-likeness (QED) is 0.783. The van der Waals surface area contributed by atoms with Crippen LogP contribution in [0.3, 0.4) is 0 Å². The van der Waals surface area contributed by atoms with E-state index in [1.165, 1.54) is 0 Å². The van der Waals surface area contributed by atoms with Gasteiger partial charge in [0.15, 0.2) is 0 Å². The molecule has 0 saturated carbocycles. The normalized spacial score (nSPS) is 13.0. The summed E-state index contributed by atoms with van der Waals surface area (Å²) < 4.78 is 11.1. The highest BCUT2D eigenvalue weighted by atomic mass is 79.9. The standard InChI is InChI=1S/C10H15BrO3S/c1-13-3-4-14-7-8(12)6-10-9(11)2-5-15-10/h2,5,8,12H,3-4,6-7H2,1H3. The second-order valence-electron chi connectivity index (χ2n) is 3.12. The second-order valence-corrected chi connectivity index (χ2v) is 4.97. The smallest absolute Gasteiger partial charge is 0.0822 e. The van der Waals surface area contributed by atoms with Crippen LogP contribution in [-0.2, 0) is 15.9 Å². The van der Waals surface area contributed by atoms with E-state index < -0.39 is 6.10 Å². The van der Waals surface area contributed by atoms with Gasteiger partial charge < -0.3 is 14.6 Å². The fraction of sp³-hybridized carbons (Fsp3) is 0.600. The average molecular weight is 295 g/mol. The number of aliphatic hydroxyl groups is 1. The lowest BCUT2D eigenvalue weighted by Gasteiger charge is -2.10. The Kier molecular flexibility index (Phi) is 6.43. The summed E-state index contributed by atoms with van der Waals surface area (Å²) in [7, 11) is 1.63. The van der Waals surface area contributed by atoms with Crippen LogP contribution < -0.4 is 0 Å². The molecule has 0 saturated heterocycles. The predicted molar refractivity (Wildman–Crippen MR) is 64.4 cm³/mol. The maximum atomic E-state index is 9.66. The summed E-state index contributed by atoms with van der Waals surface area (Å²) in [6.45, 7) is 1.45. The average Bonchev–Trinajstić information content (AvgIpc) is 2.59. The molecule has 5 heteroatoms. The third kappa shape index (κ3) is 5.08. The van der Waals surface area contributed by atoms with E-state index in [1.54, 1.807) is 18.4 Å². The summed E-state index contributed by atoms with van der Waals surface area (Å²) in [5.41, 5.74) is 0. The van der Waals surface area contributed by atoms with Crippen molar-refractivity contribution < 1.29 is 14.6 Å². The maximum Gasteiger partial charge on any atom is 0.0822 e. The van der Waals surface area contributed by atoms with Gasteiger partial charge in [-0.2, -0.15) is 0 Å². The minimum absolute atomic E-state index is 0.355. The van der Waals surface area contributed by atoms with Gasteiger partial charge in [0.1, 0.15) is 0 Å². The van der Waals surface area contributed by atoms with E-state index in [-0.39, 0.29) is 0 Å². The molecule has 86 valence electrons. The number of halogens is 1. The summed E-state index contributed by atoms with van der Waals surface area (Å²) in [5, 5.41) is 11.7. The number of thiophene rings is 1. The van der Waals surface area contributed by atoms with Gasteiger partial charge in [-0.05, 0) is 27.4 Å². The van der Waals surface area contributed by atoms with Gasteiger partial charge >= 0.3 is 0 Å². The van der Waals surface area contributed by atoms with Gasteiger partial charge in [-0.25, -0.2) is 0 Å². The molecule has 1 atom stereocenters. The Morgan fingerprint density at radius 1 is 1.53 bits per heavy atom. The molecule has 3 nitrogen and oxygen atoms in total. The minimum atomic E-state index is -0.447. The van der Waals surface area contributed by atoms with Gasteiger partial charge in [-0.1, -0.05) is 0 Å². The van der Waals surface area contributed by atoms with E-state index in [0.29, 0.717) is 26.2 Å². The molecule has 0 aliphatic rings. The number of ether oxygens (including phenoxy) is 2. The van der Waals surface area contributed by atoms with Crippen molar-refractivity contribution in [3.05, 3.63) is 20.8 Å². The van der Waals surface area contributed by atoms with Crippen LogP contribution in [0.15, 0.2) is 15.9 Å². The predicted octanol–water partition coefficient (Wildman–Crippen LogP) is 2.08. The highest BCUT2D eigenvalue weighted by molar-refractivity contribution is 9.10. The first-order valence-electron chi connectivity index (χ1n) is 4.70. The molecule has 0 spiro atoms. The lowest BCUT2D eigenvalue weighted by Crippen LogP contribution is -2.19. The molecule has 15 heavy (non-hydrogen) atoms. The summed E-state index contributed by atoms with van der Waals surface area (Å²) >= 11 is 5.06. The van der Waals surface area contributed by atoms with E-state index >= 15 is 0 Å². The van der Waals surface area contributed by atoms with Crippen LogP contribution in [0.5, 0.6) is 0 Å². The van der Waals surface area contributed by atoms with E-state index in [2.05, 4.69) is 15.9 Å². The molecule has 0 aromatic carbocycles. The Bertz CT molecular complexity index is 277. The highest BCUT2D eigenvalue weighted by Gasteiger charge is 2.09. The zero-order valence-electron chi connectivity index (χ0n) is 8.61. The molecular formula is C10H15BrO3S. The molecule has 1 rings (SSSR count). The summed E-state index contributed by atoms with van der Waals surface area (Å²) in [6.07, 6.45) is 0.183. The lowest BCUT2D eigenvalue weighted by atomic mass is 10.2. The van der Waals surface area contributed by atoms with Crippen LogP contribution >= 0.6 is 27.3 Å². The van der Waals surface area contributed by atoms with E-state index in [9.17, 15) is 5.11 Å². The molecule has 0 amide bonds. The minimum Gasteiger partial charge on any atom is -0.390 e. The molecule has 0 aliphatic carbocycles. The SMILES string of the molecule is COCCOCC(O)Cc1sccc1Br. The summed E-state index contributed by atoms with van der Waals surface area (Å²) in [6, 6.07) is 1.98. The number of rotatable bonds is 7. The van der Waals surface area contributed by atoms with Crippen LogP contribution in [0.25, 0.3) is 0 Å². The molecule has 1 aromatic rings. The largest absolute Gasteiger partial charge is 0.390 e. The van der Waals surface area contributed by atoms with Crippen LogP contribution in [0.1, 0.15) is 4.88 Å². The Hall–Kier alpha value is 0.0600. The molecule has 0 bridgehead atoms. The number of hydrogen-bond acceptors (Lipinski definition) is 4. The van der Waals surface area contributed by atoms with E-state index in [1.807, 2.05) is 11.4 Å². The molecule has 1 unspecified atom stereocenters. The molecule has 0 aliphatic heterocycles. The molecule has 0 radical (unpaired) electrons. The second kappa shape index (κ2) is 7.35. The Labute approximate surface area is 102 Å². The Morgan fingerprint density at radius 2 is 2.33 bits per heavy atom.